The smallest absolute Gasteiger partial charge is 0.126 e. The van der Waals surface area contributed by atoms with Crippen molar-refractivity contribution < 1.29 is 9.84 Å². The lowest BCUT2D eigenvalue weighted by Crippen LogP contribution is -2.30. The van der Waals surface area contributed by atoms with Crippen molar-refractivity contribution in [3.05, 3.63) is 65.7 Å². The molecule has 104 valence electrons. The molecule has 1 aliphatic rings. The van der Waals surface area contributed by atoms with E-state index in [9.17, 15) is 0 Å². The molecule has 3 nitrogen and oxygen atoms in total. The van der Waals surface area contributed by atoms with E-state index in [0.29, 0.717) is 6.54 Å². The Hall–Kier alpha value is -1.84. The minimum Gasteiger partial charge on any atom is -0.485 e. The molecule has 2 atom stereocenters. The summed E-state index contributed by atoms with van der Waals surface area (Å²) in [6, 6.07) is 18.6. The zero-order valence-electron chi connectivity index (χ0n) is 11.3. The van der Waals surface area contributed by atoms with Gasteiger partial charge in [-0.05, 0) is 11.6 Å². The van der Waals surface area contributed by atoms with E-state index in [2.05, 4.69) is 23.5 Å². The van der Waals surface area contributed by atoms with Crippen molar-refractivity contribution in [2.24, 2.45) is 0 Å². The Morgan fingerprint density at radius 2 is 1.80 bits per heavy atom. The molecule has 20 heavy (non-hydrogen) atoms. The summed E-state index contributed by atoms with van der Waals surface area (Å²) in [5, 5.41) is 12.4. The number of ether oxygens (including phenoxy) is 1. The molecule has 0 aromatic heterocycles. The van der Waals surface area contributed by atoms with Gasteiger partial charge in [-0.15, -0.1) is 0 Å². The Morgan fingerprint density at radius 1 is 1.05 bits per heavy atom. The minimum absolute atomic E-state index is 0.0577. The fourth-order valence-electron chi connectivity index (χ4n) is 2.72. The highest BCUT2D eigenvalue weighted by Gasteiger charge is 2.28. The molecule has 0 aliphatic carbocycles. The molecule has 2 aromatic rings. The van der Waals surface area contributed by atoms with Crippen LogP contribution in [-0.4, -0.2) is 18.3 Å². The van der Waals surface area contributed by atoms with Crippen molar-refractivity contribution in [1.29, 1.82) is 0 Å². The third-order valence-electron chi connectivity index (χ3n) is 3.69. The normalized spacial score (nSPS) is 21.1. The van der Waals surface area contributed by atoms with E-state index < -0.39 is 0 Å². The molecule has 1 aliphatic heterocycles. The van der Waals surface area contributed by atoms with E-state index in [0.717, 1.165) is 12.2 Å². The summed E-state index contributed by atoms with van der Waals surface area (Å²) in [5.41, 5.74) is 2.37. The van der Waals surface area contributed by atoms with Gasteiger partial charge < -0.3 is 15.2 Å². The number of rotatable bonds is 4. The van der Waals surface area contributed by atoms with Gasteiger partial charge in [0.05, 0.1) is 6.61 Å². The van der Waals surface area contributed by atoms with Crippen LogP contribution in [0, 0.1) is 0 Å². The summed E-state index contributed by atoms with van der Waals surface area (Å²) in [7, 11) is 0. The predicted molar refractivity (Wildman–Crippen MR) is 78.7 cm³/mol. The van der Waals surface area contributed by atoms with Crippen LogP contribution in [0.5, 0.6) is 5.75 Å². The molecule has 0 bridgehead atoms. The third kappa shape index (κ3) is 2.69. The summed E-state index contributed by atoms with van der Waals surface area (Å²) < 4.78 is 6.13. The predicted octanol–water partition coefficient (Wildman–Crippen LogP) is 2.83. The van der Waals surface area contributed by atoms with E-state index >= 15 is 0 Å². The number of benzene rings is 2. The van der Waals surface area contributed by atoms with Gasteiger partial charge in [0.2, 0.25) is 0 Å². The van der Waals surface area contributed by atoms with Crippen LogP contribution in [0.15, 0.2) is 54.6 Å². The number of nitrogens with one attached hydrogen (secondary N) is 1. The Bertz CT molecular complexity index is 556. The molecular weight excluding hydrogens is 250 g/mol. The highest BCUT2D eigenvalue weighted by molar-refractivity contribution is 5.39. The molecule has 2 aromatic carbocycles. The molecule has 3 heteroatoms. The second-order valence-corrected chi connectivity index (χ2v) is 5.02. The first-order valence-corrected chi connectivity index (χ1v) is 7.03. The van der Waals surface area contributed by atoms with Crippen LogP contribution in [-0.2, 0) is 0 Å². The molecule has 0 radical (unpaired) electrons. The van der Waals surface area contributed by atoms with Crippen molar-refractivity contribution >= 4 is 0 Å². The van der Waals surface area contributed by atoms with Crippen LogP contribution < -0.4 is 10.1 Å². The van der Waals surface area contributed by atoms with Gasteiger partial charge in [0, 0.05) is 24.6 Å². The van der Waals surface area contributed by atoms with E-state index in [1.54, 1.807) is 0 Å². The fraction of sp³-hybridized carbons (Fsp3) is 0.294. The Morgan fingerprint density at radius 3 is 2.60 bits per heavy atom. The lowest BCUT2D eigenvalue weighted by atomic mass is 9.93. The Balaban J connectivity index is 1.88. The Kier molecular flexibility index (Phi) is 4.00. The highest BCUT2D eigenvalue weighted by atomic mass is 16.5. The number of aliphatic hydroxyl groups is 1. The van der Waals surface area contributed by atoms with Crippen LogP contribution in [0.25, 0.3) is 0 Å². The summed E-state index contributed by atoms with van der Waals surface area (Å²) >= 11 is 0. The van der Waals surface area contributed by atoms with Crippen molar-refractivity contribution in [1.82, 2.24) is 5.32 Å². The number of fused-ring (bicyclic) bond motifs is 1. The van der Waals surface area contributed by atoms with Crippen LogP contribution in [0.1, 0.15) is 29.7 Å². The van der Waals surface area contributed by atoms with Gasteiger partial charge >= 0.3 is 0 Å². The average Bonchev–Trinajstić information content (AvgIpc) is 2.53. The molecule has 0 saturated carbocycles. The van der Waals surface area contributed by atoms with Crippen LogP contribution in [0.3, 0.4) is 0 Å². The quantitative estimate of drug-likeness (QED) is 0.896. The van der Waals surface area contributed by atoms with E-state index in [1.165, 1.54) is 11.1 Å². The van der Waals surface area contributed by atoms with E-state index in [4.69, 9.17) is 9.84 Å². The van der Waals surface area contributed by atoms with Gasteiger partial charge in [0.15, 0.2) is 0 Å². The van der Waals surface area contributed by atoms with Crippen LogP contribution in [0.4, 0.5) is 0 Å². The second kappa shape index (κ2) is 6.07. The van der Waals surface area contributed by atoms with Gasteiger partial charge in [-0.25, -0.2) is 0 Å². The molecule has 0 unspecified atom stereocenters. The first-order valence-electron chi connectivity index (χ1n) is 7.03. The monoisotopic (exact) mass is 269 g/mol. The highest BCUT2D eigenvalue weighted by Crippen LogP contribution is 2.40. The number of hydrogen-bond acceptors (Lipinski definition) is 3. The fourth-order valence-corrected chi connectivity index (χ4v) is 2.72. The largest absolute Gasteiger partial charge is 0.485 e. The third-order valence-corrected chi connectivity index (χ3v) is 3.69. The van der Waals surface area contributed by atoms with Gasteiger partial charge in [-0.3, -0.25) is 0 Å². The maximum atomic E-state index is 9.03. The second-order valence-electron chi connectivity index (χ2n) is 5.02. The number of hydrogen-bond donors (Lipinski definition) is 2. The molecule has 2 N–H and O–H groups in total. The molecule has 0 spiro atoms. The maximum absolute atomic E-state index is 9.03. The van der Waals surface area contributed by atoms with Gasteiger partial charge in [-0.2, -0.15) is 0 Å². The number of para-hydroxylation sites is 1. The molecule has 3 rings (SSSR count). The molecule has 0 amide bonds. The van der Waals surface area contributed by atoms with Gasteiger partial charge in [0.1, 0.15) is 11.9 Å². The summed E-state index contributed by atoms with van der Waals surface area (Å²) in [4.78, 5) is 0. The van der Waals surface area contributed by atoms with Crippen molar-refractivity contribution in [2.45, 2.75) is 18.6 Å². The first-order chi connectivity index (χ1) is 9.88. The first kappa shape index (κ1) is 13.2. The van der Waals surface area contributed by atoms with Crippen molar-refractivity contribution in [3.63, 3.8) is 0 Å². The van der Waals surface area contributed by atoms with Crippen LogP contribution >= 0.6 is 0 Å². The SMILES string of the molecule is OCCN[C@H]1C[C@@H](c2ccccc2)Oc2ccccc21. The van der Waals surface area contributed by atoms with Crippen molar-refractivity contribution in [2.75, 3.05) is 13.2 Å². The van der Waals surface area contributed by atoms with Crippen molar-refractivity contribution in [3.8, 4) is 5.75 Å². The van der Waals surface area contributed by atoms with E-state index in [1.807, 2.05) is 36.4 Å². The molecule has 0 fully saturated rings. The average molecular weight is 269 g/mol. The van der Waals surface area contributed by atoms with Gasteiger partial charge in [-0.1, -0.05) is 48.5 Å². The zero-order chi connectivity index (χ0) is 13.8. The molecule has 1 heterocycles. The van der Waals surface area contributed by atoms with E-state index in [-0.39, 0.29) is 18.8 Å². The maximum Gasteiger partial charge on any atom is 0.126 e. The van der Waals surface area contributed by atoms with Gasteiger partial charge in [0.25, 0.3) is 0 Å². The van der Waals surface area contributed by atoms with Crippen LogP contribution in [0.2, 0.25) is 0 Å². The zero-order valence-corrected chi connectivity index (χ0v) is 11.3. The summed E-state index contributed by atoms with van der Waals surface area (Å²) in [5.74, 6) is 0.933. The lowest BCUT2D eigenvalue weighted by Gasteiger charge is -2.33. The Labute approximate surface area is 119 Å². The molecular formula is C17H19NO2. The molecule has 0 saturated heterocycles. The number of aliphatic hydroxyl groups excluding tert-OH is 1. The topological polar surface area (TPSA) is 41.5 Å². The standard InChI is InChI=1S/C17H19NO2/c19-11-10-18-15-12-17(13-6-2-1-3-7-13)20-16-9-5-4-8-14(15)16/h1-9,15,17-19H,10-12H2/t15-,17-/m0/s1. The summed E-state index contributed by atoms with van der Waals surface area (Å²) in [6.45, 7) is 0.746. The minimum atomic E-state index is 0.0577. The summed E-state index contributed by atoms with van der Waals surface area (Å²) in [6.07, 6.45) is 0.934. The lowest BCUT2D eigenvalue weighted by molar-refractivity contribution is 0.148.